The van der Waals surface area contributed by atoms with Crippen LogP contribution in [0, 0.1) is 0 Å². The zero-order valence-corrected chi connectivity index (χ0v) is 13.1. The highest BCUT2D eigenvalue weighted by Gasteiger charge is 2.16. The van der Waals surface area contributed by atoms with Crippen LogP contribution in [0.4, 0.5) is 10.5 Å². The highest BCUT2D eigenvalue weighted by atomic mass is 16.5. The van der Waals surface area contributed by atoms with Gasteiger partial charge < -0.3 is 9.72 Å². The molecule has 0 aliphatic heterocycles. The molecule has 2 aromatic rings. The maximum Gasteiger partial charge on any atom is 0.411 e. The average Bonchev–Trinajstić information content (AvgIpc) is 2.55. The molecule has 1 heterocycles. The number of fused-ring (bicyclic) bond motifs is 1. The number of anilines is 1. The minimum absolute atomic E-state index is 0.122. The molecule has 0 fully saturated rings. The Labute approximate surface area is 134 Å². The second-order valence-electron chi connectivity index (χ2n) is 5.61. The van der Waals surface area contributed by atoms with Crippen LogP contribution in [0.2, 0.25) is 0 Å². The molecule has 0 bridgehead atoms. The molecule has 23 heavy (non-hydrogen) atoms. The molecular weight excluding hydrogens is 292 g/mol. The lowest BCUT2D eigenvalue weighted by Crippen LogP contribution is -2.18. The van der Waals surface area contributed by atoms with Crippen molar-refractivity contribution in [2.75, 3.05) is 11.9 Å². The third kappa shape index (κ3) is 3.28. The Balaban J connectivity index is 2.02. The molecule has 1 aliphatic carbocycles. The van der Waals surface area contributed by atoms with Crippen LogP contribution in [0.15, 0.2) is 35.1 Å². The van der Waals surface area contributed by atoms with Gasteiger partial charge in [-0.05, 0) is 50.3 Å². The van der Waals surface area contributed by atoms with Crippen molar-refractivity contribution in [1.82, 2.24) is 4.98 Å². The lowest BCUT2D eigenvalue weighted by molar-refractivity contribution is 0.168. The average molecular weight is 312 g/mol. The second kappa shape index (κ2) is 6.69. The first-order chi connectivity index (χ1) is 11.2. The zero-order valence-electron chi connectivity index (χ0n) is 13.1. The van der Waals surface area contributed by atoms with E-state index in [1.165, 1.54) is 5.56 Å². The summed E-state index contributed by atoms with van der Waals surface area (Å²) in [5.74, 6) is 0. The Bertz CT molecular complexity index is 780. The highest BCUT2D eigenvalue weighted by Crippen LogP contribution is 2.28. The molecule has 1 aliphatic rings. The Morgan fingerprint density at radius 2 is 2.00 bits per heavy atom. The van der Waals surface area contributed by atoms with Crippen LogP contribution in [0.3, 0.4) is 0 Å². The van der Waals surface area contributed by atoms with E-state index >= 15 is 0 Å². The first-order valence-electron chi connectivity index (χ1n) is 7.97. The number of aromatic nitrogens is 1. The van der Waals surface area contributed by atoms with Crippen LogP contribution in [-0.2, 0) is 17.6 Å². The fraction of sp³-hybridized carbons (Fsp3) is 0.333. The number of aryl methyl sites for hydroxylation is 2. The third-order valence-electron chi connectivity index (χ3n) is 4.07. The summed E-state index contributed by atoms with van der Waals surface area (Å²) in [5.41, 5.74) is 3.97. The largest absolute Gasteiger partial charge is 0.450 e. The van der Waals surface area contributed by atoms with Gasteiger partial charge in [-0.2, -0.15) is 0 Å². The predicted octanol–water partition coefficient (Wildman–Crippen LogP) is 3.49. The van der Waals surface area contributed by atoms with E-state index in [1.807, 2.05) is 24.3 Å². The van der Waals surface area contributed by atoms with Crippen molar-refractivity contribution in [1.29, 1.82) is 0 Å². The molecule has 0 radical (unpaired) electrons. The monoisotopic (exact) mass is 312 g/mol. The van der Waals surface area contributed by atoms with E-state index < -0.39 is 6.09 Å². The number of carbonyl (C=O) groups excluding carboxylic acids is 1. The smallest absolute Gasteiger partial charge is 0.411 e. The van der Waals surface area contributed by atoms with E-state index in [0.29, 0.717) is 23.4 Å². The topological polar surface area (TPSA) is 71.2 Å². The Kier molecular flexibility index (Phi) is 4.46. The number of pyridine rings is 1. The van der Waals surface area contributed by atoms with Crippen LogP contribution in [0.1, 0.15) is 31.0 Å². The molecule has 0 spiro atoms. The van der Waals surface area contributed by atoms with Crippen molar-refractivity contribution in [2.24, 2.45) is 0 Å². The summed E-state index contributed by atoms with van der Waals surface area (Å²) >= 11 is 0. The van der Waals surface area contributed by atoms with Crippen molar-refractivity contribution >= 4 is 11.8 Å². The number of amides is 1. The fourth-order valence-corrected chi connectivity index (χ4v) is 2.98. The lowest BCUT2D eigenvalue weighted by Gasteiger charge is -2.17. The van der Waals surface area contributed by atoms with E-state index in [2.05, 4.69) is 10.3 Å². The van der Waals surface area contributed by atoms with Gasteiger partial charge in [0.2, 0.25) is 0 Å². The van der Waals surface area contributed by atoms with Crippen LogP contribution in [-0.4, -0.2) is 17.7 Å². The van der Waals surface area contributed by atoms with E-state index in [1.54, 1.807) is 13.0 Å². The first-order valence-corrected chi connectivity index (χ1v) is 7.97. The number of ether oxygens (including phenoxy) is 1. The molecule has 120 valence electrons. The number of rotatable bonds is 3. The Morgan fingerprint density at radius 1 is 1.22 bits per heavy atom. The van der Waals surface area contributed by atoms with Crippen molar-refractivity contribution in [3.63, 3.8) is 0 Å². The first kappa shape index (κ1) is 15.3. The molecule has 2 N–H and O–H groups in total. The Morgan fingerprint density at radius 3 is 2.83 bits per heavy atom. The van der Waals surface area contributed by atoms with Gasteiger partial charge in [0.1, 0.15) is 0 Å². The number of hydrogen-bond donors (Lipinski definition) is 2. The van der Waals surface area contributed by atoms with Crippen LogP contribution >= 0.6 is 0 Å². The third-order valence-corrected chi connectivity index (χ3v) is 4.07. The number of hydrogen-bond acceptors (Lipinski definition) is 3. The van der Waals surface area contributed by atoms with Gasteiger partial charge >= 0.3 is 6.09 Å². The molecule has 5 nitrogen and oxygen atoms in total. The van der Waals surface area contributed by atoms with Gasteiger partial charge in [0, 0.05) is 16.8 Å². The van der Waals surface area contributed by atoms with Crippen molar-refractivity contribution in [3.05, 3.63) is 51.9 Å². The number of H-pyrrole nitrogens is 1. The van der Waals surface area contributed by atoms with Gasteiger partial charge in [-0.15, -0.1) is 0 Å². The number of nitrogens with one attached hydrogen (secondary N) is 2. The van der Waals surface area contributed by atoms with Gasteiger partial charge in [-0.3, -0.25) is 10.1 Å². The summed E-state index contributed by atoms with van der Waals surface area (Å²) in [6, 6.07) is 9.23. The normalized spacial score (nSPS) is 13.3. The maximum absolute atomic E-state index is 12.5. The molecule has 1 aromatic carbocycles. The maximum atomic E-state index is 12.5. The molecule has 1 aromatic heterocycles. The summed E-state index contributed by atoms with van der Waals surface area (Å²) in [4.78, 5) is 27.2. The van der Waals surface area contributed by atoms with E-state index in [4.69, 9.17) is 4.74 Å². The summed E-state index contributed by atoms with van der Waals surface area (Å²) in [7, 11) is 0. The zero-order chi connectivity index (χ0) is 16.2. The lowest BCUT2D eigenvalue weighted by atomic mass is 9.93. The fourth-order valence-electron chi connectivity index (χ4n) is 2.98. The van der Waals surface area contributed by atoms with Gasteiger partial charge in [-0.1, -0.05) is 18.2 Å². The number of para-hydroxylation sites is 1. The minimum Gasteiger partial charge on any atom is -0.450 e. The standard InChI is InChI=1S/C18H20N2O3/c1-2-23-18(22)20-16-10-6-4-8-13(16)14-11-12-7-3-5-9-15(12)19-17(14)21/h4,6,8,10-11H,2-3,5,7,9H2,1H3,(H,19,21)(H,20,22). The van der Waals surface area contributed by atoms with E-state index in [0.717, 1.165) is 31.4 Å². The molecule has 0 atom stereocenters. The van der Waals surface area contributed by atoms with Crippen molar-refractivity contribution in [2.45, 2.75) is 32.6 Å². The summed E-state index contributed by atoms with van der Waals surface area (Å²) in [6.07, 6.45) is 3.64. The molecule has 5 heteroatoms. The Hall–Kier alpha value is -2.56. The van der Waals surface area contributed by atoms with Crippen LogP contribution in [0.25, 0.3) is 11.1 Å². The van der Waals surface area contributed by atoms with Crippen molar-refractivity contribution < 1.29 is 9.53 Å². The number of aromatic amines is 1. The van der Waals surface area contributed by atoms with Gasteiger partial charge in [0.15, 0.2) is 0 Å². The number of benzene rings is 1. The van der Waals surface area contributed by atoms with Crippen LogP contribution in [0.5, 0.6) is 0 Å². The van der Waals surface area contributed by atoms with Crippen LogP contribution < -0.4 is 10.9 Å². The summed E-state index contributed by atoms with van der Waals surface area (Å²) in [5, 5.41) is 2.70. The van der Waals surface area contributed by atoms with E-state index in [-0.39, 0.29) is 5.56 Å². The predicted molar refractivity (Wildman–Crippen MR) is 89.8 cm³/mol. The summed E-state index contributed by atoms with van der Waals surface area (Å²) < 4.78 is 4.92. The SMILES string of the molecule is CCOC(=O)Nc1ccccc1-c1cc2c([nH]c1=O)CCCC2. The molecule has 3 rings (SSSR count). The quantitative estimate of drug-likeness (QED) is 0.911. The highest BCUT2D eigenvalue weighted by molar-refractivity contribution is 5.91. The molecular formula is C18H20N2O3. The van der Waals surface area contributed by atoms with E-state index in [9.17, 15) is 9.59 Å². The van der Waals surface area contributed by atoms with Crippen molar-refractivity contribution in [3.8, 4) is 11.1 Å². The van der Waals surface area contributed by atoms with Gasteiger partial charge in [0.25, 0.3) is 5.56 Å². The molecule has 0 saturated heterocycles. The minimum atomic E-state index is -0.519. The molecule has 0 unspecified atom stereocenters. The summed E-state index contributed by atoms with van der Waals surface area (Å²) in [6.45, 7) is 2.05. The second-order valence-corrected chi connectivity index (χ2v) is 5.61. The van der Waals surface area contributed by atoms with Gasteiger partial charge in [0.05, 0.1) is 12.3 Å². The molecule has 0 saturated carbocycles. The van der Waals surface area contributed by atoms with Gasteiger partial charge in [-0.25, -0.2) is 4.79 Å². The molecule has 1 amide bonds. The number of carbonyl (C=O) groups is 1.